The molecule has 1 unspecified atom stereocenters. The molecule has 1 aromatic carbocycles. The smallest absolute Gasteiger partial charge is 0.283 e. The number of hydrogen-bond acceptors (Lipinski definition) is 2. The van der Waals surface area contributed by atoms with Crippen molar-refractivity contribution in [3.8, 4) is 11.5 Å². The molecule has 24 heavy (non-hydrogen) atoms. The molecular formula is C17H23F5O2. The third kappa shape index (κ3) is 5.83. The minimum absolute atomic E-state index is 0.270. The molecule has 0 spiro atoms. The number of benzene rings is 1. The van der Waals surface area contributed by atoms with Gasteiger partial charge in [0.25, 0.3) is 5.92 Å². The Bertz CT molecular complexity index is 520. The van der Waals surface area contributed by atoms with E-state index in [-0.39, 0.29) is 6.42 Å². The number of rotatable bonds is 10. The zero-order valence-corrected chi connectivity index (χ0v) is 14.1. The highest BCUT2D eigenvalue weighted by Crippen LogP contribution is 2.30. The van der Waals surface area contributed by atoms with Crippen LogP contribution in [0.15, 0.2) is 12.1 Å². The Morgan fingerprint density at radius 1 is 1.04 bits per heavy atom. The third-order valence-electron chi connectivity index (χ3n) is 3.57. The lowest BCUT2D eigenvalue weighted by Crippen LogP contribution is -2.31. The van der Waals surface area contributed by atoms with E-state index in [0.717, 1.165) is 18.6 Å². The van der Waals surface area contributed by atoms with Crippen molar-refractivity contribution in [1.29, 1.82) is 0 Å². The summed E-state index contributed by atoms with van der Waals surface area (Å²) in [5.74, 6) is -8.10. The lowest BCUT2D eigenvalue weighted by Gasteiger charge is -2.21. The van der Waals surface area contributed by atoms with Crippen molar-refractivity contribution in [3.05, 3.63) is 23.8 Å². The van der Waals surface area contributed by atoms with E-state index in [0.29, 0.717) is 6.42 Å². The highest BCUT2D eigenvalue weighted by molar-refractivity contribution is 5.35. The second kappa shape index (κ2) is 9.08. The van der Waals surface area contributed by atoms with Gasteiger partial charge in [-0.2, -0.15) is 8.78 Å². The SMILES string of the molecule is CCCCC(F)COc1ccc(OCC(F)(F)C(C)C)c(F)c1F. The van der Waals surface area contributed by atoms with E-state index < -0.39 is 54.4 Å². The molecule has 0 saturated carbocycles. The predicted molar refractivity (Wildman–Crippen MR) is 81.6 cm³/mol. The van der Waals surface area contributed by atoms with Gasteiger partial charge in [-0.3, -0.25) is 0 Å². The summed E-state index contributed by atoms with van der Waals surface area (Å²) >= 11 is 0. The first-order valence-corrected chi connectivity index (χ1v) is 7.94. The van der Waals surface area contributed by atoms with Gasteiger partial charge >= 0.3 is 0 Å². The van der Waals surface area contributed by atoms with E-state index >= 15 is 0 Å². The summed E-state index contributed by atoms with van der Waals surface area (Å²) in [5.41, 5.74) is 0. The Morgan fingerprint density at radius 2 is 1.58 bits per heavy atom. The largest absolute Gasteiger partial charge is 0.487 e. The average Bonchev–Trinajstić information content (AvgIpc) is 2.53. The van der Waals surface area contributed by atoms with Crippen molar-refractivity contribution in [3.63, 3.8) is 0 Å². The van der Waals surface area contributed by atoms with Crippen molar-refractivity contribution < 1.29 is 31.4 Å². The zero-order chi connectivity index (χ0) is 18.3. The Hall–Kier alpha value is -1.53. The molecule has 0 aliphatic rings. The fraction of sp³-hybridized carbons (Fsp3) is 0.647. The van der Waals surface area contributed by atoms with Crippen LogP contribution in [0.25, 0.3) is 0 Å². The number of hydrogen-bond donors (Lipinski definition) is 0. The molecule has 2 nitrogen and oxygen atoms in total. The highest BCUT2D eigenvalue weighted by Gasteiger charge is 2.34. The first-order valence-electron chi connectivity index (χ1n) is 7.94. The zero-order valence-electron chi connectivity index (χ0n) is 14.1. The summed E-state index contributed by atoms with van der Waals surface area (Å²) in [5, 5.41) is 0. The molecule has 0 N–H and O–H groups in total. The molecule has 0 saturated heterocycles. The maximum atomic E-state index is 13.9. The van der Waals surface area contributed by atoms with E-state index in [1.54, 1.807) is 0 Å². The van der Waals surface area contributed by atoms with Crippen LogP contribution in [0.2, 0.25) is 0 Å². The highest BCUT2D eigenvalue weighted by atomic mass is 19.3. The molecule has 0 radical (unpaired) electrons. The molecular weight excluding hydrogens is 331 g/mol. The summed E-state index contributed by atoms with van der Waals surface area (Å²) in [6, 6.07) is 2.03. The first kappa shape index (κ1) is 20.5. The van der Waals surface area contributed by atoms with E-state index in [4.69, 9.17) is 4.74 Å². The molecule has 1 rings (SSSR count). The van der Waals surface area contributed by atoms with Gasteiger partial charge in [-0.25, -0.2) is 13.2 Å². The molecule has 0 heterocycles. The molecule has 1 aromatic rings. The van der Waals surface area contributed by atoms with Crippen molar-refractivity contribution in [2.45, 2.75) is 52.1 Å². The molecule has 0 aliphatic carbocycles. The van der Waals surface area contributed by atoms with E-state index in [1.165, 1.54) is 13.8 Å². The van der Waals surface area contributed by atoms with Gasteiger partial charge in [0.15, 0.2) is 18.1 Å². The van der Waals surface area contributed by atoms with Gasteiger partial charge in [0.05, 0.1) is 0 Å². The van der Waals surface area contributed by atoms with Crippen LogP contribution in [0.5, 0.6) is 11.5 Å². The predicted octanol–water partition coefficient (Wildman–Crippen LogP) is 5.54. The molecule has 138 valence electrons. The summed E-state index contributed by atoms with van der Waals surface area (Å²) < 4.78 is 77.7. The van der Waals surface area contributed by atoms with E-state index in [9.17, 15) is 22.0 Å². The van der Waals surface area contributed by atoms with E-state index in [2.05, 4.69) is 4.74 Å². The number of ether oxygens (including phenoxy) is 2. The van der Waals surface area contributed by atoms with Crippen LogP contribution in [-0.2, 0) is 0 Å². The Labute approximate surface area is 139 Å². The van der Waals surface area contributed by atoms with Gasteiger partial charge in [-0.15, -0.1) is 0 Å². The van der Waals surface area contributed by atoms with Crippen molar-refractivity contribution in [1.82, 2.24) is 0 Å². The third-order valence-corrected chi connectivity index (χ3v) is 3.57. The summed E-state index contributed by atoms with van der Waals surface area (Å²) in [7, 11) is 0. The summed E-state index contributed by atoms with van der Waals surface area (Å²) in [6.45, 7) is 3.03. The van der Waals surface area contributed by atoms with Gasteiger partial charge in [0, 0.05) is 5.92 Å². The van der Waals surface area contributed by atoms with Crippen LogP contribution in [0.3, 0.4) is 0 Å². The van der Waals surface area contributed by atoms with Crippen LogP contribution in [0.1, 0.15) is 40.0 Å². The van der Waals surface area contributed by atoms with Gasteiger partial charge in [0.2, 0.25) is 11.6 Å². The monoisotopic (exact) mass is 354 g/mol. The van der Waals surface area contributed by atoms with Crippen LogP contribution >= 0.6 is 0 Å². The van der Waals surface area contributed by atoms with Crippen molar-refractivity contribution in [2.24, 2.45) is 5.92 Å². The van der Waals surface area contributed by atoms with Crippen molar-refractivity contribution in [2.75, 3.05) is 13.2 Å². The molecule has 0 aliphatic heterocycles. The fourth-order valence-electron chi connectivity index (χ4n) is 1.77. The average molecular weight is 354 g/mol. The topological polar surface area (TPSA) is 18.5 Å². The molecule has 0 fully saturated rings. The minimum Gasteiger partial charge on any atom is -0.487 e. The molecule has 0 bridgehead atoms. The minimum atomic E-state index is -3.17. The van der Waals surface area contributed by atoms with Crippen LogP contribution < -0.4 is 9.47 Å². The Balaban J connectivity index is 2.69. The van der Waals surface area contributed by atoms with Crippen LogP contribution in [0, 0.1) is 17.6 Å². The molecule has 1 atom stereocenters. The van der Waals surface area contributed by atoms with Crippen molar-refractivity contribution >= 4 is 0 Å². The van der Waals surface area contributed by atoms with Gasteiger partial charge < -0.3 is 9.47 Å². The lowest BCUT2D eigenvalue weighted by atomic mass is 10.1. The standard InChI is InChI=1S/C17H23F5O2/c1-4-5-6-12(18)9-23-13-7-8-14(16(20)15(13)19)24-10-17(21,22)11(2)3/h7-8,11-12H,4-6,9-10H2,1-3H3. The second-order valence-corrected chi connectivity index (χ2v) is 5.94. The number of unbranched alkanes of at least 4 members (excludes halogenated alkanes) is 1. The molecule has 0 amide bonds. The number of halogens is 5. The van der Waals surface area contributed by atoms with Crippen LogP contribution in [0.4, 0.5) is 22.0 Å². The first-order chi connectivity index (χ1) is 11.2. The van der Waals surface area contributed by atoms with Crippen LogP contribution in [-0.4, -0.2) is 25.3 Å². The second-order valence-electron chi connectivity index (χ2n) is 5.94. The Morgan fingerprint density at radius 3 is 2.08 bits per heavy atom. The normalized spacial score (nSPS) is 13.2. The molecule has 7 heteroatoms. The number of alkyl halides is 3. The lowest BCUT2D eigenvalue weighted by molar-refractivity contribution is -0.0795. The quantitative estimate of drug-likeness (QED) is 0.514. The Kier molecular flexibility index (Phi) is 7.76. The van der Waals surface area contributed by atoms with Gasteiger partial charge in [-0.1, -0.05) is 33.6 Å². The maximum Gasteiger partial charge on any atom is 0.283 e. The molecule has 0 aromatic heterocycles. The van der Waals surface area contributed by atoms with Gasteiger partial charge in [-0.05, 0) is 18.6 Å². The van der Waals surface area contributed by atoms with Gasteiger partial charge in [0.1, 0.15) is 12.8 Å². The fourth-order valence-corrected chi connectivity index (χ4v) is 1.77. The summed E-state index contributed by atoms with van der Waals surface area (Å²) in [6.07, 6.45) is 0.467. The maximum absolute atomic E-state index is 13.9. The summed E-state index contributed by atoms with van der Waals surface area (Å²) in [4.78, 5) is 0. The van der Waals surface area contributed by atoms with E-state index in [1.807, 2.05) is 6.92 Å².